The topological polar surface area (TPSA) is 38.3 Å². The van der Waals surface area contributed by atoms with E-state index in [1.165, 1.54) is 5.56 Å². The highest BCUT2D eigenvalue weighted by Crippen LogP contribution is 2.24. The van der Waals surface area contributed by atoms with Crippen LogP contribution >= 0.6 is 0 Å². The molecule has 20 heavy (non-hydrogen) atoms. The Bertz CT molecular complexity index is 418. The van der Waals surface area contributed by atoms with Crippen LogP contribution < -0.4 is 10.1 Å². The Balaban J connectivity index is 2.53. The van der Waals surface area contributed by atoms with Gasteiger partial charge >= 0.3 is 0 Å². The van der Waals surface area contributed by atoms with E-state index in [0.717, 1.165) is 18.6 Å². The zero-order valence-electron chi connectivity index (χ0n) is 13.3. The third kappa shape index (κ3) is 5.24. The molecule has 0 aliphatic rings. The lowest BCUT2D eigenvalue weighted by molar-refractivity contribution is -0.127. The summed E-state index contributed by atoms with van der Waals surface area (Å²) >= 11 is 0. The minimum Gasteiger partial charge on any atom is -0.481 e. The predicted octanol–water partition coefficient (Wildman–Crippen LogP) is 3.67. The smallest absolute Gasteiger partial charge is 0.260 e. The standard InChI is InChI=1S/C17H27NO2/c1-6-7-12-18-16(19)13(2)20-15-10-8-14(9-11-15)17(3,4)5/h8-11,13H,6-7,12H2,1-5H3,(H,18,19). The van der Waals surface area contributed by atoms with E-state index in [0.29, 0.717) is 6.54 Å². The minimum atomic E-state index is -0.465. The highest BCUT2D eigenvalue weighted by molar-refractivity contribution is 5.80. The fourth-order valence-electron chi connectivity index (χ4n) is 1.82. The number of carbonyl (C=O) groups is 1. The number of ether oxygens (including phenoxy) is 1. The Morgan fingerprint density at radius 2 is 1.85 bits per heavy atom. The van der Waals surface area contributed by atoms with Crippen LogP contribution in [0.4, 0.5) is 0 Å². The molecule has 1 N–H and O–H groups in total. The van der Waals surface area contributed by atoms with Crippen LogP contribution in [-0.4, -0.2) is 18.6 Å². The third-order valence-corrected chi connectivity index (χ3v) is 3.23. The number of benzene rings is 1. The lowest BCUT2D eigenvalue weighted by Crippen LogP contribution is -2.36. The first-order valence-electron chi connectivity index (χ1n) is 7.39. The summed E-state index contributed by atoms with van der Waals surface area (Å²) in [7, 11) is 0. The van der Waals surface area contributed by atoms with Crippen LogP contribution in [-0.2, 0) is 10.2 Å². The zero-order valence-corrected chi connectivity index (χ0v) is 13.3. The number of nitrogens with one attached hydrogen (secondary N) is 1. The molecule has 0 heterocycles. The van der Waals surface area contributed by atoms with Gasteiger partial charge in [0, 0.05) is 6.54 Å². The third-order valence-electron chi connectivity index (χ3n) is 3.23. The van der Waals surface area contributed by atoms with E-state index in [4.69, 9.17) is 4.74 Å². The maximum Gasteiger partial charge on any atom is 0.260 e. The molecule has 1 atom stereocenters. The maximum absolute atomic E-state index is 11.8. The van der Waals surface area contributed by atoms with Crippen molar-refractivity contribution in [2.45, 2.75) is 59.0 Å². The van der Waals surface area contributed by atoms with Gasteiger partial charge in [-0.25, -0.2) is 0 Å². The molecule has 0 radical (unpaired) electrons. The molecular formula is C17H27NO2. The van der Waals surface area contributed by atoms with Crippen molar-refractivity contribution in [1.29, 1.82) is 0 Å². The van der Waals surface area contributed by atoms with E-state index >= 15 is 0 Å². The average molecular weight is 277 g/mol. The van der Waals surface area contributed by atoms with Gasteiger partial charge in [0.25, 0.3) is 5.91 Å². The summed E-state index contributed by atoms with van der Waals surface area (Å²) in [5.74, 6) is 0.675. The fraction of sp³-hybridized carbons (Fsp3) is 0.588. The summed E-state index contributed by atoms with van der Waals surface area (Å²) in [6.07, 6.45) is 1.61. The van der Waals surface area contributed by atoms with Gasteiger partial charge in [0.05, 0.1) is 0 Å². The largest absolute Gasteiger partial charge is 0.481 e. The summed E-state index contributed by atoms with van der Waals surface area (Å²) in [6.45, 7) is 11.1. The highest BCUT2D eigenvalue weighted by Gasteiger charge is 2.16. The molecule has 0 saturated heterocycles. The van der Waals surface area contributed by atoms with Crippen LogP contribution in [0.15, 0.2) is 24.3 Å². The van der Waals surface area contributed by atoms with Gasteiger partial charge in [-0.1, -0.05) is 46.2 Å². The van der Waals surface area contributed by atoms with E-state index in [1.54, 1.807) is 6.92 Å². The molecule has 0 spiro atoms. The van der Waals surface area contributed by atoms with Crippen LogP contribution in [0.5, 0.6) is 5.75 Å². The van der Waals surface area contributed by atoms with Crippen molar-refractivity contribution in [3.8, 4) is 5.75 Å². The van der Waals surface area contributed by atoms with E-state index in [1.807, 2.05) is 12.1 Å². The molecule has 0 aliphatic carbocycles. The Morgan fingerprint density at radius 3 is 2.35 bits per heavy atom. The normalized spacial score (nSPS) is 12.8. The lowest BCUT2D eigenvalue weighted by Gasteiger charge is -2.20. The second-order valence-electron chi connectivity index (χ2n) is 6.18. The number of carbonyl (C=O) groups excluding carboxylic acids is 1. The average Bonchev–Trinajstić information content (AvgIpc) is 2.38. The van der Waals surface area contributed by atoms with Crippen LogP contribution in [0, 0.1) is 0 Å². The predicted molar refractivity (Wildman–Crippen MR) is 83.1 cm³/mol. The van der Waals surface area contributed by atoms with Gasteiger partial charge in [0.1, 0.15) is 5.75 Å². The number of unbranched alkanes of at least 4 members (excludes halogenated alkanes) is 1. The van der Waals surface area contributed by atoms with Crippen molar-refractivity contribution in [2.75, 3.05) is 6.54 Å². The van der Waals surface area contributed by atoms with Gasteiger partial charge in [-0.15, -0.1) is 0 Å². The SMILES string of the molecule is CCCCNC(=O)C(C)Oc1ccc(C(C)(C)C)cc1. The van der Waals surface area contributed by atoms with Gasteiger partial charge in [-0.3, -0.25) is 4.79 Å². The second-order valence-corrected chi connectivity index (χ2v) is 6.18. The molecule has 1 rings (SSSR count). The molecule has 0 bridgehead atoms. The van der Waals surface area contributed by atoms with Gasteiger partial charge in [0.2, 0.25) is 0 Å². The Morgan fingerprint density at radius 1 is 1.25 bits per heavy atom. The molecule has 1 unspecified atom stereocenters. The molecule has 0 aliphatic heterocycles. The van der Waals surface area contributed by atoms with Crippen molar-refractivity contribution in [1.82, 2.24) is 5.32 Å². The first kappa shape index (κ1) is 16.5. The lowest BCUT2D eigenvalue weighted by atomic mass is 9.87. The Kier molecular flexibility index (Phi) is 6.05. The monoisotopic (exact) mass is 277 g/mol. The van der Waals surface area contributed by atoms with Crippen LogP contribution in [0.2, 0.25) is 0 Å². The molecule has 0 saturated carbocycles. The first-order valence-corrected chi connectivity index (χ1v) is 7.39. The van der Waals surface area contributed by atoms with E-state index < -0.39 is 6.10 Å². The van der Waals surface area contributed by atoms with Gasteiger partial charge in [-0.2, -0.15) is 0 Å². The van der Waals surface area contributed by atoms with Crippen LogP contribution in [0.3, 0.4) is 0 Å². The number of rotatable bonds is 6. The Labute approximate surface area is 122 Å². The minimum absolute atomic E-state index is 0.0571. The fourth-order valence-corrected chi connectivity index (χ4v) is 1.82. The number of hydrogen-bond acceptors (Lipinski definition) is 2. The first-order chi connectivity index (χ1) is 9.34. The van der Waals surface area contributed by atoms with Crippen molar-refractivity contribution >= 4 is 5.91 Å². The molecule has 1 aromatic carbocycles. The van der Waals surface area contributed by atoms with E-state index in [2.05, 4.69) is 45.1 Å². The molecule has 3 nitrogen and oxygen atoms in total. The van der Waals surface area contributed by atoms with Crippen molar-refractivity contribution in [2.24, 2.45) is 0 Å². The highest BCUT2D eigenvalue weighted by atomic mass is 16.5. The molecule has 0 aromatic heterocycles. The van der Waals surface area contributed by atoms with E-state index in [-0.39, 0.29) is 11.3 Å². The molecule has 1 amide bonds. The van der Waals surface area contributed by atoms with Gasteiger partial charge in [-0.05, 0) is 36.5 Å². The maximum atomic E-state index is 11.8. The second kappa shape index (κ2) is 7.32. The molecule has 3 heteroatoms. The van der Waals surface area contributed by atoms with Crippen LogP contribution in [0.25, 0.3) is 0 Å². The zero-order chi connectivity index (χ0) is 15.2. The summed E-state index contributed by atoms with van der Waals surface area (Å²) in [4.78, 5) is 11.8. The van der Waals surface area contributed by atoms with Crippen molar-refractivity contribution in [3.63, 3.8) is 0 Å². The summed E-state index contributed by atoms with van der Waals surface area (Å²) in [5.41, 5.74) is 1.38. The molecule has 0 fully saturated rings. The molecule has 1 aromatic rings. The summed E-state index contributed by atoms with van der Waals surface area (Å²) < 4.78 is 5.66. The molecular weight excluding hydrogens is 250 g/mol. The summed E-state index contributed by atoms with van der Waals surface area (Å²) in [6, 6.07) is 7.96. The van der Waals surface area contributed by atoms with Gasteiger partial charge in [0.15, 0.2) is 6.10 Å². The van der Waals surface area contributed by atoms with Crippen molar-refractivity contribution in [3.05, 3.63) is 29.8 Å². The van der Waals surface area contributed by atoms with Gasteiger partial charge < -0.3 is 10.1 Å². The van der Waals surface area contributed by atoms with E-state index in [9.17, 15) is 4.79 Å². The summed E-state index contributed by atoms with van der Waals surface area (Å²) in [5, 5.41) is 2.88. The Hall–Kier alpha value is -1.51. The molecule has 112 valence electrons. The quantitative estimate of drug-likeness (QED) is 0.806. The number of hydrogen-bond donors (Lipinski definition) is 1. The number of amides is 1. The van der Waals surface area contributed by atoms with Crippen molar-refractivity contribution < 1.29 is 9.53 Å². The van der Waals surface area contributed by atoms with Crippen LogP contribution in [0.1, 0.15) is 53.0 Å².